The summed E-state index contributed by atoms with van der Waals surface area (Å²) in [5.41, 5.74) is 2.54. The van der Waals surface area contributed by atoms with Crippen LogP contribution in [0.4, 0.5) is 14.9 Å². The van der Waals surface area contributed by atoms with Gasteiger partial charge in [-0.1, -0.05) is 55.7 Å². The van der Waals surface area contributed by atoms with Gasteiger partial charge in [0.25, 0.3) is 0 Å². The van der Waals surface area contributed by atoms with Crippen molar-refractivity contribution in [1.82, 2.24) is 14.7 Å². The van der Waals surface area contributed by atoms with E-state index >= 15 is 0 Å². The van der Waals surface area contributed by atoms with Crippen molar-refractivity contribution in [2.45, 2.75) is 74.5 Å². The Labute approximate surface area is 247 Å². The predicted molar refractivity (Wildman–Crippen MR) is 161 cm³/mol. The molecule has 4 aliphatic rings. The molecule has 2 saturated heterocycles. The average molecular weight is 581 g/mol. The zero-order valence-electron chi connectivity index (χ0n) is 23.5. The van der Waals surface area contributed by atoms with Crippen molar-refractivity contribution in [2.24, 2.45) is 5.92 Å². The normalized spacial score (nSPS) is 24.3. The molecule has 2 aromatic rings. The first kappa shape index (κ1) is 28.1. The summed E-state index contributed by atoms with van der Waals surface area (Å²) in [6.45, 7) is 2.41. The highest BCUT2D eigenvalue weighted by Gasteiger charge is 2.44. The van der Waals surface area contributed by atoms with Crippen LogP contribution in [0.3, 0.4) is 0 Å². The monoisotopic (exact) mass is 580 g/mol. The predicted octanol–water partition coefficient (Wildman–Crippen LogP) is 6.07. The first-order valence-electron chi connectivity index (χ1n) is 15.1. The van der Waals surface area contributed by atoms with Gasteiger partial charge in [0.15, 0.2) is 0 Å². The Morgan fingerprint density at radius 2 is 1.68 bits per heavy atom. The molecule has 3 aliphatic heterocycles. The Morgan fingerprint density at radius 3 is 2.46 bits per heavy atom. The van der Waals surface area contributed by atoms with Gasteiger partial charge in [-0.3, -0.25) is 9.59 Å². The summed E-state index contributed by atoms with van der Waals surface area (Å²) in [6.07, 6.45) is 8.13. The van der Waals surface area contributed by atoms with Crippen molar-refractivity contribution >= 4 is 35.3 Å². The molecule has 7 nitrogen and oxygen atoms in total. The number of anilines is 1. The van der Waals surface area contributed by atoms with E-state index in [1.165, 1.54) is 37.1 Å². The molecule has 0 aromatic heterocycles. The number of benzene rings is 2. The standard InChI is InChI=1S/C32H39FN4O3S.H2/c33-26-12-6-5-11-25(26)31-37(21-22-8-2-1-3-9-22)30(39)28(41-31)20-29(38)35-17-15-24(16-18-35)36-19-14-23-10-4-7-13-27(23)34-32(36)40;/h4-7,10-13,22,24,28,31H,1-3,8-9,14-21H2,(H,34,40);1H. The average Bonchev–Trinajstić information content (AvgIpc) is 3.17. The van der Waals surface area contributed by atoms with Crippen LogP contribution in [0.1, 0.15) is 69.3 Å². The number of fused-ring (bicyclic) bond motifs is 1. The molecule has 1 saturated carbocycles. The van der Waals surface area contributed by atoms with Gasteiger partial charge in [-0.25, -0.2) is 9.18 Å². The van der Waals surface area contributed by atoms with Crippen molar-refractivity contribution in [3.05, 3.63) is 65.5 Å². The highest BCUT2D eigenvalue weighted by atomic mass is 32.2. The lowest BCUT2D eigenvalue weighted by Crippen LogP contribution is -2.50. The fourth-order valence-corrected chi connectivity index (χ4v) is 8.40. The zero-order valence-corrected chi connectivity index (χ0v) is 24.3. The first-order valence-corrected chi connectivity index (χ1v) is 16.1. The number of para-hydroxylation sites is 1. The summed E-state index contributed by atoms with van der Waals surface area (Å²) >= 11 is 1.42. The lowest BCUT2D eigenvalue weighted by Gasteiger charge is -2.38. The molecule has 2 aromatic carbocycles. The number of piperidine rings is 1. The van der Waals surface area contributed by atoms with Crippen LogP contribution in [0.2, 0.25) is 0 Å². The Morgan fingerprint density at radius 1 is 0.951 bits per heavy atom. The second kappa shape index (κ2) is 12.4. The van der Waals surface area contributed by atoms with Crippen LogP contribution in [0.25, 0.3) is 0 Å². The molecule has 2 unspecified atom stereocenters. The fraction of sp³-hybridized carbons (Fsp3) is 0.531. The fourth-order valence-electron chi connectivity index (χ4n) is 6.93. The van der Waals surface area contributed by atoms with Gasteiger partial charge in [-0.05, 0) is 55.7 Å². The van der Waals surface area contributed by atoms with E-state index in [2.05, 4.69) is 11.4 Å². The number of amides is 4. The quantitative estimate of drug-likeness (QED) is 0.451. The highest BCUT2D eigenvalue weighted by Crippen LogP contribution is 2.46. The van der Waals surface area contributed by atoms with Gasteiger partial charge in [-0.2, -0.15) is 0 Å². The third kappa shape index (κ3) is 6.10. The van der Waals surface area contributed by atoms with Crippen LogP contribution in [-0.2, 0) is 16.0 Å². The summed E-state index contributed by atoms with van der Waals surface area (Å²) in [5.74, 6) is 0.0489. The van der Waals surface area contributed by atoms with Gasteiger partial charge in [0, 0.05) is 51.3 Å². The number of urea groups is 1. The molecule has 3 heterocycles. The molecule has 4 amide bonds. The van der Waals surface area contributed by atoms with E-state index in [1.54, 1.807) is 12.1 Å². The van der Waals surface area contributed by atoms with Crippen molar-refractivity contribution < 1.29 is 20.2 Å². The lowest BCUT2D eigenvalue weighted by molar-refractivity contribution is -0.137. The smallest absolute Gasteiger partial charge is 0.322 e. The zero-order chi connectivity index (χ0) is 28.3. The van der Waals surface area contributed by atoms with Crippen molar-refractivity contribution in [3.8, 4) is 0 Å². The maximum absolute atomic E-state index is 14.9. The van der Waals surface area contributed by atoms with E-state index in [-0.39, 0.29) is 37.6 Å². The second-order valence-corrected chi connectivity index (χ2v) is 13.1. The maximum Gasteiger partial charge on any atom is 0.322 e. The van der Waals surface area contributed by atoms with E-state index < -0.39 is 10.6 Å². The number of hydrogen-bond donors (Lipinski definition) is 1. The van der Waals surface area contributed by atoms with Crippen molar-refractivity contribution in [3.63, 3.8) is 0 Å². The van der Waals surface area contributed by atoms with Crippen LogP contribution < -0.4 is 5.32 Å². The molecule has 3 fully saturated rings. The topological polar surface area (TPSA) is 73.0 Å². The number of likely N-dealkylation sites (tertiary alicyclic amines) is 1. The number of rotatable bonds is 6. The summed E-state index contributed by atoms with van der Waals surface area (Å²) in [5, 5.41) is 2.13. The molecule has 41 heavy (non-hydrogen) atoms. The number of hydrogen-bond acceptors (Lipinski definition) is 4. The number of nitrogens with zero attached hydrogens (tertiary/aromatic N) is 3. The molecule has 0 bridgehead atoms. The number of carbonyl (C=O) groups is 3. The molecule has 9 heteroatoms. The third-order valence-corrected chi connectivity index (χ3v) is 10.7. The van der Waals surface area contributed by atoms with Gasteiger partial charge in [0.1, 0.15) is 11.2 Å². The minimum atomic E-state index is -0.511. The Hall–Kier alpha value is -3.07. The molecule has 1 aliphatic carbocycles. The van der Waals surface area contributed by atoms with Gasteiger partial charge in [0.05, 0.1) is 5.25 Å². The largest absolute Gasteiger partial charge is 0.342 e. The van der Waals surface area contributed by atoms with E-state index in [4.69, 9.17) is 0 Å². The minimum absolute atomic E-state index is 0. The SMILES string of the molecule is O=C(CC1SC(c2ccccc2F)N(CC2CCCCC2)C1=O)N1CCC(N2CCc3ccccc3NC2=O)CC1.[HH]. The maximum atomic E-state index is 14.9. The van der Waals surface area contributed by atoms with Crippen molar-refractivity contribution in [2.75, 3.05) is 31.5 Å². The summed E-state index contributed by atoms with van der Waals surface area (Å²) in [7, 11) is 0. The van der Waals surface area contributed by atoms with Crippen LogP contribution in [-0.4, -0.2) is 70.0 Å². The molecule has 6 rings (SSSR count). The summed E-state index contributed by atoms with van der Waals surface area (Å²) < 4.78 is 14.9. The summed E-state index contributed by atoms with van der Waals surface area (Å²) in [4.78, 5) is 45.7. The Kier molecular flexibility index (Phi) is 8.51. The van der Waals surface area contributed by atoms with E-state index in [0.29, 0.717) is 50.5 Å². The molecule has 0 radical (unpaired) electrons. The second-order valence-electron chi connectivity index (χ2n) is 11.8. The van der Waals surface area contributed by atoms with Crippen LogP contribution in [0.15, 0.2) is 48.5 Å². The van der Waals surface area contributed by atoms with E-state index in [0.717, 1.165) is 30.5 Å². The van der Waals surface area contributed by atoms with Gasteiger partial charge >= 0.3 is 6.03 Å². The minimum Gasteiger partial charge on any atom is -0.342 e. The van der Waals surface area contributed by atoms with Crippen LogP contribution in [0.5, 0.6) is 0 Å². The highest BCUT2D eigenvalue weighted by molar-refractivity contribution is 8.01. The lowest BCUT2D eigenvalue weighted by atomic mass is 9.88. The van der Waals surface area contributed by atoms with Crippen LogP contribution >= 0.6 is 11.8 Å². The van der Waals surface area contributed by atoms with Gasteiger partial charge < -0.3 is 20.0 Å². The van der Waals surface area contributed by atoms with E-state index in [9.17, 15) is 18.8 Å². The van der Waals surface area contributed by atoms with Crippen molar-refractivity contribution in [1.29, 1.82) is 0 Å². The van der Waals surface area contributed by atoms with Gasteiger partial charge in [-0.15, -0.1) is 11.8 Å². The third-order valence-electron chi connectivity index (χ3n) is 9.25. The summed E-state index contributed by atoms with van der Waals surface area (Å²) in [6, 6.07) is 14.6. The number of halogens is 1. The molecular weight excluding hydrogens is 539 g/mol. The number of carbonyl (C=O) groups excluding carboxylic acids is 3. The van der Waals surface area contributed by atoms with E-state index in [1.807, 2.05) is 39.0 Å². The molecule has 2 atom stereocenters. The first-order chi connectivity index (χ1) is 20.0. The number of nitrogens with one attached hydrogen (secondary N) is 1. The molecular formula is C32H41FN4O3S. The molecule has 1 N–H and O–H groups in total. The van der Waals surface area contributed by atoms with Crippen LogP contribution in [0, 0.1) is 11.7 Å². The van der Waals surface area contributed by atoms with Gasteiger partial charge in [0.2, 0.25) is 11.8 Å². The molecule has 220 valence electrons. The Bertz CT molecular complexity index is 1280. The molecule has 0 spiro atoms. The Balaban J connectivity index is 0.00000353. The number of thioether (sulfide) groups is 1.